The highest BCUT2D eigenvalue weighted by Crippen LogP contribution is 2.16. The molecule has 0 fully saturated rings. The van der Waals surface area contributed by atoms with Gasteiger partial charge in [-0.2, -0.15) is 0 Å². The van der Waals surface area contributed by atoms with E-state index in [2.05, 4.69) is 44.4 Å². The number of aryl methyl sites for hydroxylation is 1. The molecule has 3 heteroatoms. The van der Waals surface area contributed by atoms with E-state index in [0.717, 1.165) is 12.0 Å². The van der Waals surface area contributed by atoms with Gasteiger partial charge in [0.1, 0.15) is 0 Å². The summed E-state index contributed by atoms with van der Waals surface area (Å²) < 4.78 is 0. The normalized spacial score (nSPS) is 11.1. The highest BCUT2D eigenvalue weighted by Gasteiger charge is 2.10. The molecule has 0 saturated heterocycles. The first-order valence-corrected chi connectivity index (χ1v) is 6.45. The number of hydrogen-bond acceptors (Lipinski definition) is 1. The molecule has 0 atom stereocenters. The Morgan fingerprint density at radius 1 is 1.17 bits per heavy atom. The number of nitrogens with one attached hydrogen (secondary N) is 2. The monoisotopic (exact) mass is 248 g/mol. The average molecular weight is 248 g/mol. The van der Waals surface area contributed by atoms with Crippen molar-refractivity contribution in [2.45, 2.75) is 40.7 Å². The molecule has 0 radical (unpaired) electrons. The van der Waals surface area contributed by atoms with Crippen molar-refractivity contribution >= 4 is 6.03 Å². The van der Waals surface area contributed by atoms with Gasteiger partial charge in [0.05, 0.1) is 0 Å². The van der Waals surface area contributed by atoms with Crippen LogP contribution in [0.3, 0.4) is 0 Å². The molecule has 1 aromatic carbocycles. The smallest absolute Gasteiger partial charge is 0.315 e. The van der Waals surface area contributed by atoms with Crippen molar-refractivity contribution < 1.29 is 4.79 Å². The van der Waals surface area contributed by atoms with Gasteiger partial charge in [-0.1, -0.05) is 45.0 Å². The largest absolute Gasteiger partial charge is 0.338 e. The lowest BCUT2D eigenvalue weighted by Crippen LogP contribution is -2.36. The van der Waals surface area contributed by atoms with Crippen LogP contribution in [0.1, 0.15) is 38.3 Å². The third kappa shape index (κ3) is 5.71. The van der Waals surface area contributed by atoms with Crippen LogP contribution in [0.25, 0.3) is 0 Å². The molecule has 0 aliphatic carbocycles. The summed E-state index contributed by atoms with van der Waals surface area (Å²) in [6.07, 6.45) is 0.977. The van der Waals surface area contributed by atoms with Crippen LogP contribution in [0.2, 0.25) is 0 Å². The summed E-state index contributed by atoms with van der Waals surface area (Å²) in [4.78, 5) is 11.6. The Kier molecular flexibility index (Phi) is 5.20. The maximum atomic E-state index is 11.6. The first-order valence-electron chi connectivity index (χ1n) is 6.45. The van der Waals surface area contributed by atoms with Crippen molar-refractivity contribution in [1.82, 2.24) is 10.6 Å². The fraction of sp³-hybridized carbons (Fsp3) is 0.533. The van der Waals surface area contributed by atoms with Gasteiger partial charge in [-0.3, -0.25) is 0 Å². The standard InChI is InChI=1S/C15H24N2O/c1-12-7-5-6-8-13(12)11-17-14(18)16-10-9-15(2,3)4/h5-8H,9-11H2,1-4H3,(H2,16,17,18). The summed E-state index contributed by atoms with van der Waals surface area (Å²) >= 11 is 0. The van der Waals surface area contributed by atoms with Crippen molar-refractivity contribution in [2.75, 3.05) is 6.54 Å². The van der Waals surface area contributed by atoms with Gasteiger partial charge >= 0.3 is 6.03 Å². The van der Waals surface area contributed by atoms with Gasteiger partial charge < -0.3 is 10.6 Å². The topological polar surface area (TPSA) is 41.1 Å². The molecule has 0 bridgehead atoms. The molecule has 1 aromatic rings. The fourth-order valence-electron chi connectivity index (χ4n) is 1.60. The first kappa shape index (κ1) is 14.6. The van der Waals surface area contributed by atoms with Gasteiger partial charge in [-0.05, 0) is 29.9 Å². The summed E-state index contributed by atoms with van der Waals surface area (Å²) in [7, 11) is 0. The number of carbonyl (C=O) groups excluding carboxylic acids is 1. The van der Waals surface area contributed by atoms with E-state index < -0.39 is 0 Å². The van der Waals surface area contributed by atoms with E-state index in [1.54, 1.807) is 0 Å². The van der Waals surface area contributed by atoms with Crippen LogP contribution in [0.5, 0.6) is 0 Å². The van der Waals surface area contributed by atoms with Crippen molar-refractivity contribution in [2.24, 2.45) is 5.41 Å². The number of rotatable bonds is 4. The van der Waals surface area contributed by atoms with Crippen molar-refractivity contribution in [3.63, 3.8) is 0 Å². The zero-order valence-corrected chi connectivity index (χ0v) is 11.8. The summed E-state index contributed by atoms with van der Waals surface area (Å²) in [5, 5.41) is 5.75. The molecule has 1 rings (SSSR count). The van der Waals surface area contributed by atoms with Gasteiger partial charge in [0.15, 0.2) is 0 Å². The van der Waals surface area contributed by atoms with Crippen LogP contribution < -0.4 is 10.6 Å². The van der Waals surface area contributed by atoms with Crippen LogP contribution in [-0.2, 0) is 6.54 Å². The number of urea groups is 1. The van der Waals surface area contributed by atoms with E-state index in [1.807, 2.05) is 18.2 Å². The van der Waals surface area contributed by atoms with Gasteiger partial charge in [0.25, 0.3) is 0 Å². The van der Waals surface area contributed by atoms with Crippen LogP contribution >= 0.6 is 0 Å². The molecule has 0 heterocycles. The minimum absolute atomic E-state index is 0.0949. The SMILES string of the molecule is Cc1ccccc1CNC(=O)NCCC(C)(C)C. The van der Waals surface area contributed by atoms with Crippen molar-refractivity contribution in [3.05, 3.63) is 35.4 Å². The Morgan fingerprint density at radius 3 is 2.44 bits per heavy atom. The molecular formula is C15H24N2O. The zero-order chi connectivity index (χ0) is 13.6. The van der Waals surface area contributed by atoms with Gasteiger partial charge in [0, 0.05) is 13.1 Å². The zero-order valence-electron chi connectivity index (χ0n) is 11.8. The molecule has 0 unspecified atom stereocenters. The summed E-state index contributed by atoms with van der Waals surface area (Å²) in [5.41, 5.74) is 2.61. The third-order valence-corrected chi connectivity index (χ3v) is 2.86. The van der Waals surface area contributed by atoms with Crippen LogP contribution in [-0.4, -0.2) is 12.6 Å². The molecule has 100 valence electrons. The lowest BCUT2D eigenvalue weighted by molar-refractivity contribution is 0.238. The highest BCUT2D eigenvalue weighted by atomic mass is 16.2. The average Bonchev–Trinajstić information content (AvgIpc) is 2.26. The lowest BCUT2D eigenvalue weighted by Gasteiger charge is -2.18. The highest BCUT2D eigenvalue weighted by molar-refractivity contribution is 5.73. The van der Waals surface area contributed by atoms with Crippen LogP contribution in [0.15, 0.2) is 24.3 Å². The minimum Gasteiger partial charge on any atom is -0.338 e. The minimum atomic E-state index is -0.0949. The second-order valence-electron chi connectivity index (χ2n) is 5.85. The molecule has 0 aromatic heterocycles. The van der Waals surface area contributed by atoms with E-state index >= 15 is 0 Å². The van der Waals surface area contributed by atoms with E-state index in [1.165, 1.54) is 5.56 Å². The van der Waals surface area contributed by atoms with Gasteiger partial charge in [0.2, 0.25) is 0 Å². The van der Waals surface area contributed by atoms with Crippen molar-refractivity contribution in [1.29, 1.82) is 0 Å². The Bertz CT molecular complexity index is 394. The summed E-state index contributed by atoms with van der Waals surface area (Å²) in [6, 6.07) is 7.98. The number of benzene rings is 1. The molecule has 0 spiro atoms. The molecule has 2 N–H and O–H groups in total. The Balaban J connectivity index is 2.28. The number of hydrogen-bond donors (Lipinski definition) is 2. The Labute approximate surface area is 110 Å². The lowest BCUT2D eigenvalue weighted by atomic mass is 9.92. The molecule has 18 heavy (non-hydrogen) atoms. The number of amides is 2. The fourth-order valence-corrected chi connectivity index (χ4v) is 1.60. The van der Waals surface area contributed by atoms with E-state index in [-0.39, 0.29) is 11.4 Å². The number of carbonyl (C=O) groups is 1. The van der Waals surface area contributed by atoms with Gasteiger partial charge in [-0.15, -0.1) is 0 Å². The van der Waals surface area contributed by atoms with Crippen LogP contribution in [0.4, 0.5) is 4.79 Å². The molecule has 2 amide bonds. The molecular weight excluding hydrogens is 224 g/mol. The summed E-state index contributed by atoms with van der Waals surface area (Å²) in [6.45, 7) is 9.84. The molecule has 0 saturated carbocycles. The predicted octanol–water partition coefficient (Wildman–Crippen LogP) is 3.23. The first-order chi connectivity index (χ1) is 8.38. The molecule has 0 aliphatic rings. The third-order valence-electron chi connectivity index (χ3n) is 2.86. The maximum Gasteiger partial charge on any atom is 0.315 e. The summed E-state index contributed by atoms with van der Waals surface area (Å²) in [5.74, 6) is 0. The van der Waals surface area contributed by atoms with Crippen LogP contribution in [0, 0.1) is 12.3 Å². The Morgan fingerprint density at radius 2 is 1.83 bits per heavy atom. The van der Waals surface area contributed by atoms with E-state index in [9.17, 15) is 4.79 Å². The second-order valence-corrected chi connectivity index (χ2v) is 5.85. The van der Waals surface area contributed by atoms with E-state index in [0.29, 0.717) is 13.1 Å². The molecule has 0 aliphatic heterocycles. The second kappa shape index (κ2) is 6.43. The van der Waals surface area contributed by atoms with Crippen molar-refractivity contribution in [3.8, 4) is 0 Å². The maximum absolute atomic E-state index is 11.6. The molecule has 3 nitrogen and oxygen atoms in total. The predicted molar refractivity (Wildman–Crippen MR) is 75.5 cm³/mol. The van der Waals surface area contributed by atoms with Gasteiger partial charge in [-0.25, -0.2) is 4.79 Å². The quantitative estimate of drug-likeness (QED) is 0.844. The Hall–Kier alpha value is -1.51. The van der Waals surface area contributed by atoms with E-state index in [4.69, 9.17) is 0 Å².